The van der Waals surface area contributed by atoms with Crippen LogP contribution in [0.15, 0.2) is 30.3 Å². The minimum Gasteiger partial charge on any atom is -0.449 e. The minimum absolute atomic E-state index is 0.347. The Kier molecular flexibility index (Phi) is 8.97. The summed E-state index contributed by atoms with van der Waals surface area (Å²) in [7, 11) is 0. The van der Waals surface area contributed by atoms with Gasteiger partial charge in [0.2, 0.25) is 0 Å². The van der Waals surface area contributed by atoms with E-state index in [1.165, 1.54) is 0 Å². The average molecular weight is 346 g/mol. The lowest BCUT2D eigenvalue weighted by Crippen LogP contribution is -2.43. The summed E-state index contributed by atoms with van der Waals surface area (Å²) in [5.41, 5.74) is 1.80. The van der Waals surface area contributed by atoms with E-state index in [-0.39, 0.29) is 6.09 Å². The lowest BCUT2D eigenvalue weighted by Gasteiger charge is -2.32. The normalized spacial score (nSPS) is 15.6. The molecule has 1 heterocycles. The van der Waals surface area contributed by atoms with E-state index in [1.54, 1.807) is 11.8 Å². The zero-order chi connectivity index (χ0) is 16.4. The van der Waals surface area contributed by atoms with Crippen molar-refractivity contribution < 1.29 is 14.3 Å². The van der Waals surface area contributed by atoms with Crippen LogP contribution >= 0.6 is 23.2 Å². The second-order valence-corrected chi connectivity index (χ2v) is 4.97. The van der Waals surface area contributed by atoms with Crippen LogP contribution in [0.5, 0.6) is 0 Å². The van der Waals surface area contributed by atoms with Crippen LogP contribution in [-0.4, -0.2) is 37.3 Å². The molecule has 0 saturated carbocycles. The molecule has 0 aliphatic carbocycles. The topological polar surface area (TPSA) is 38.8 Å². The number of fused-ring (bicyclic) bond motifs is 1. The maximum Gasteiger partial charge on any atom is 0.416 e. The van der Waals surface area contributed by atoms with Gasteiger partial charge in [0.15, 0.2) is 6.23 Å². The van der Waals surface area contributed by atoms with Gasteiger partial charge in [0, 0.05) is 18.4 Å². The van der Waals surface area contributed by atoms with Crippen molar-refractivity contribution in [2.24, 2.45) is 0 Å². The van der Waals surface area contributed by atoms with Gasteiger partial charge in [-0.15, -0.1) is 23.2 Å². The van der Waals surface area contributed by atoms with Crippen LogP contribution in [0.25, 0.3) is 6.08 Å². The van der Waals surface area contributed by atoms with Crippen LogP contribution in [0.4, 0.5) is 10.5 Å². The molecule has 1 atom stereocenters. The fourth-order valence-electron chi connectivity index (χ4n) is 1.95. The molecule has 1 unspecified atom stereocenters. The second-order valence-electron chi connectivity index (χ2n) is 4.21. The summed E-state index contributed by atoms with van der Waals surface area (Å²) in [6, 6.07) is 7.68. The molecule has 6 heteroatoms. The van der Waals surface area contributed by atoms with E-state index in [0.717, 1.165) is 11.3 Å². The Morgan fingerprint density at radius 2 is 1.86 bits per heavy atom. The van der Waals surface area contributed by atoms with Crippen molar-refractivity contribution in [3.05, 3.63) is 35.9 Å². The molecule has 1 aliphatic heterocycles. The van der Waals surface area contributed by atoms with Gasteiger partial charge in [0.05, 0.1) is 12.3 Å². The lowest BCUT2D eigenvalue weighted by atomic mass is 10.1. The molecular weight excluding hydrogens is 325 g/mol. The van der Waals surface area contributed by atoms with Crippen molar-refractivity contribution in [2.45, 2.75) is 20.1 Å². The number of hydrogen-bond acceptors (Lipinski definition) is 3. The van der Waals surface area contributed by atoms with E-state index >= 15 is 0 Å². The summed E-state index contributed by atoms with van der Waals surface area (Å²) >= 11 is 10.1. The van der Waals surface area contributed by atoms with Gasteiger partial charge in [0.1, 0.15) is 0 Å². The number of rotatable bonds is 4. The fourth-order valence-corrected chi connectivity index (χ4v) is 1.95. The molecule has 0 radical (unpaired) electrons. The first-order chi connectivity index (χ1) is 10.7. The van der Waals surface area contributed by atoms with Crippen molar-refractivity contribution in [1.29, 1.82) is 0 Å². The highest BCUT2D eigenvalue weighted by atomic mass is 35.5. The molecule has 0 saturated heterocycles. The molecule has 0 aromatic heterocycles. The largest absolute Gasteiger partial charge is 0.449 e. The van der Waals surface area contributed by atoms with Gasteiger partial charge in [0.25, 0.3) is 0 Å². The van der Waals surface area contributed by atoms with E-state index in [0.29, 0.717) is 25.0 Å². The van der Waals surface area contributed by atoms with Crippen molar-refractivity contribution in [3.8, 4) is 0 Å². The molecule has 0 fully saturated rings. The Bertz CT molecular complexity index is 492. The number of nitrogens with zero attached hydrogens (tertiary/aromatic N) is 1. The lowest BCUT2D eigenvalue weighted by molar-refractivity contribution is 0.0830. The molecular formula is C16H21Cl2NO3. The number of alkyl halides is 2. The van der Waals surface area contributed by atoms with E-state index in [4.69, 9.17) is 32.7 Å². The monoisotopic (exact) mass is 345 g/mol. The molecule has 0 N–H and O–H groups in total. The van der Waals surface area contributed by atoms with Crippen molar-refractivity contribution >= 4 is 41.1 Å². The summed E-state index contributed by atoms with van der Waals surface area (Å²) in [6.45, 7) is 4.57. The first-order valence-electron chi connectivity index (χ1n) is 7.16. The number of ether oxygens (including phenoxy) is 2. The van der Waals surface area contributed by atoms with Crippen molar-refractivity contribution in [1.82, 2.24) is 0 Å². The molecule has 4 nitrogen and oxygen atoms in total. The summed E-state index contributed by atoms with van der Waals surface area (Å²) < 4.78 is 10.6. The zero-order valence-electron chi connectivity index (χ0n) is 12.8. The van der Waals surface area contributed by atoms with E-state index in [1.807, 2.05) is 43.3 Å². The standard InChI is InChI=1S/C14H17NO3.C2H4Cl2/c1-3-17-13-10-9-11-7-5-6-8-12(11)15(13)14(16)18-4-2;3-1-2-4/h5-10,13H,3-4H2,1-2H3;1-2H2. The number of amides is 1. The average Bonchev–Trinajstić information content (AvgIpc) is 2.55. The number of hydrogen-bond donors (Lipinski definition) is 0. The summed E-state index contributed by atoms with van der Waals surface area (Å²) in [6.07, 6.45) is 3.05. The Balaban J connectivity index is 0.000000541. The maximum atomic E-state index is 12.0. The molecule has 1 aliphatic rings. The third kappa shape index (κ3) is 5.20. The van der Waals surface area contributed by atoms with E-state index in [9.17, 15) is 4.79 Å². The number of anilines is 1. The maximum absolute atomic E-state index is 12.0. The molecule has 1 amide bonds. The Labute approximate surface area is 141 Å². The van der Waals surface area contributed by atoms with Crippen LogP contribution in [0.3, 0.4) is 0 Å². The van der Waals surface area contributed by atoms with Gasteiger partial charge < -0.3 is 9.47 Å². The quantitative estimate of drug-likeness (QED) is 0.754. The van der Waals surface area contributed by atoms with Gasteiger partial charge in [-0.3, -0.25) is 0 Å². The van der Waals surface area contributed by atoms with Crippen LogP contribution in [0.1, 0.15) is 19.4 Å². The van der Waals surface area contributed by atoms with Crippen LogP contribution in [-0.2, 0) is 9.47 Å². The molecule has 1 aromatic rings. The first kappa shape index (κ1) is 18.8. The van der Waals surface area contributed by atoms with E-state index in [2.05, 4.69) is 0 Å². The van der Waals surface area contributed by atoms with Crippen molar-refractivity contribution in [2.75, 3.05) is 29.9 Å². The highest BCUT2D eigenvalue weighted by Gasteiger charge is 2.29. The van der Waals surface area contributed by atoms with Gasteiger partial charge in [-0.2, -0.15) is 0 Å². The minimum atomic E-state index is -0.399. The second kappa shape index (κ2) is 10.5. The highest BCUT2D eigenvalue weighted by Crippen LogP contribution is 2.29. The number of benzene rings is 1. The molecule has 122 valence electrons. The fraction of sp³-hybridized carbons (Fsp3) is 0.438. The van der Waals surface area contributed by atoms with Crippen molar-refractivity contribution in [3.63, 3.8) is 0 Å². The predicted octanol–water partition coefficient (Wildman–Crippen LogP) is 4.50. The Hall–Kier alpha value is -1.23. The predicted molar refractivity (Wildman–Crippen MR) is 91.8 cm³/mol. The number of carbonyl (C=O) groups is 1. The van der Waals surface area contributed by atoms with E-state index < -0.39 is 6.23 Å². The third-order valence-electron chi connectivity index (χ3n) is 2.76. The molecule has 2 rings (SSSR count). The molecule has 22 heavy (non-hydrogen) atoms. The van der Waals surface area contributed by atoms with Crippen LogP contribution in [0, 0.1) is 0 Å². The smallest absolute Gasteiger partial charge is 0.416 e. The third-order valence-corrected chi connectivity index (χ3v) is 3.34. The highest BCUT2D eigenvalue weighted by molar-refractivity contribution is 6.25. The first-order valence-corrected chi connectivity index (χ1v) is 8.23. The number of para-hydroxylation sites is 1. The van der Waals surface area contributed by atoms with Crippen LogP contribution < -0.4 is 4.90 Å². The summed E-state index contributed by atoms with van der Waals surface area (Å²) in [5, 5.41) is 0. The Morgan fingerprint density at radius 3 is 2.45 bits per heavy atom. The molecule has 0 bridgehead atoms. The summed E-state index contributed by atoms with van der Waals surface area (Å²) in [5.74, 6) is 1.11. The molecule has 1 aromatic carbocycles. The van der Waals surface area contributed by atoms with Gasteiger partial charge in [-0.05, 0) is 31.6 Å². The van der Waals surface area contributed by atoms with Gasteiger partial charge >= 0.3 is 6.09 Å². The van der Waals surface area contributed by atoms with Gasteiger partial charge in [-0.1, -0.05) is 24.3 Å². The van der Waals surface area contributed by atoms with Crippen LogP contribution in [0.2, 0.25) is 0 Å². The SMILES string of the molecule is CCOC(=O)N1c2ccccc2C=CC1OCC.ClCCCl. The number of halogens is 2. The number of carbonyl (C=O) groups excluding carboxylic acids is 1. The summed E-state index contributed by atoms with van der Waals surface area (Å²) in [4.78, 5) is 13.6. The Morgan fingerprint density at radius 1 is 1.18 bits per heavy atom. The molecule has 0 spiro atoms. The zero-order valence-corrected chi connectivity index (χ0v) is 14.3. The van der Waals surface area contributed by atoms with Gasteiger partial charge in [-0.25, -0.2) is 9.69 Å².